The number of carbonyl (C=O) groups is 2. The molecule has 0 aliphatic carbocycles. The van der Waals surface area contributed by atoms with Crippen molar-refractivity contribution in [3.63, 3.8) is 0 Å². The molecule has 0 bridgehead atoms. The van der Waals surface area contributed by atoms with E-state index in [1.54, 1.807) is 11.0 Å². The third-order valence-corrected chi connectivity index (χ3v) is 5.20. The molecular weight excluding hydrogens is 323 g/mol. The molecule has 1 aromatic carbocycles. The molecule has 2 saturated heterocycles. The molecule has 3 rings (SSSR count). The Labute approximate surface area is 138 Å². The van der Waals surface area contributed by atoms with Crippen LogP contribution >= 0.6 is 11.6 Å². The second kappa shape index (κ2) is 6.00. The summed E-state index contributed by atoms with van der Waals surface area (Å²) in [4.78, 5) is 26.7. The number of hydrogen-bond acceptors (Lipinski definition) is 3. The molecule has 0 saturated carbocycles. The Kier molecular flexibility index (Phi) is 4.19. The third kappa shape index (κ3) is 2.87. The van der Waals surface area contributed by atoms with Crippen molar-refractivity contribution in [2.45, 2.75) is 25.8 Å². The van der Waals surface area contributed by atoms with E-state index in [4.69, 9.17) is 11.6 Å². The monoisotopic (exact) mass is 339 g/mol. The predicted octanol–water partition coefficient (Wildman–Crippen LogP) is 1.64. The first kappa shape index (κ1) is 16.1. The van der Waals surface area contributed by atoms with Gasteiger partial charge in [-0.25, -0.2) is 4.39 Å². The van der Waals surface area contributed by atoms with E-state index in [0.29, 0.717) is 42.9 Å². The summed E-state index contributed by atoms with van der Waals surface area (Å²) in [6.07, 6.45) is 0.611. The van der Waals surface area contributed by atoms with E-state index >= 15 is 0 Å². The molecule has 2 aliphatic heterocycles. The molecule has 1 unspecified atom stereocenters. The molecule has 23 heavy (non-hydrogen) atoms. The Morgan fingerprint density at radius 3 is 2.83 bits per heavy atom. The molecule has 7 heteroatoms. The van der Waals surface area contributed by atoms with Crippen molar-refractivity contribution in [2.24, 2.45) is 5.41 Å². The Balaban J connectivity index is 1.78. The first-order chi connectivity index (χ1) is 10.9. The van der Waals surface area contributed by atoms with Gasteiger partial charge in [0.2, 0.25) is 5.91 Å². The summed E-state index contributed by atoms with van der Waals surface area (Å²) in [6, 6.07) is 4.43. The van der Waals surface area contributed by atoms with Crippen LogP contribution in [0.1, 0.15) is 24.8 Å². The van der Waals surface area contributed by atoms with Crippen LogP contribution in [-0.2, 0) is 11.3 Å². The number of carboxylic acid groups (broad SMARTS) is 1. The SMILES string of the molecule is O=C([O-])N1CCCC2(CCN(Cc3c(F)cccc3Cl)C2=O)C1. The topological polar surface area (TPSA) is 63.7 Å². The van der Waals surface area contributed by atoms with Gasteiger partial charge in [0.15, 0.2) is 0 Å². The highest BCUT2D eigenvalue weighted by molar-refractivity contribution is 6.31. The molecule has 1 spiro atoms. The highest BCUT2D eigenvalue weighted by Crippen LogP contribution is 2.41. The van der Waals surface area contributed by atoms with Gasteiger partial charge in [-0.1, -0.05) is 17.7 Å². The highest BCUT2D eigenvalue weighted by Gasteiger charge is 2.49. The Morgan fingerprint density at radius 1 is 1.35 bits per heavy atom. The Bertz CT molecular complexity index is 634. The zero-order valence-corrected chi connectivity index (χ0v) is 13.3. The van der Waals surface area contributed by atoms with Crippen LogP contribution in [0.4, 0.5) is 9.18 Å². The maximum Gasteiger partial charge on any atom is 0.230 e. The number of benzene rings is 1. The number of rotatable bonds is 2. The van der Waals surface area contributed by atoms with Gasteiger partial charge in [0.1, 0.15) is 11.9 Å². The molecule has 1 aromatic rings. The lowest BCUT2D eigenvalue weighted by Crippen LogP contribution is -2.53. The number of piperidine rings is 1. The van der Waals surface area contributed by atoms with Crippen LogP contribution in [0.25, 0.3) is 0 Å². The number of likely N-dealkylation sites (tertiary alicyclic amines) is 2. The van der Waals surface area contributed by atoms with E-state index in [1.807, 2.05) is 0 Å². The first-order valence-electron chi connectivity index (χ1n) is 7.61. The summed E-state index contributed by atoms with van der Waals surface area (Å²) >= 11 is 6.03. The molecule has 2 heterocycles. The maximum atomic E-state index is 13.9. The average molecular weight is 340 g/mol. The summed E-state index contributed by atoms with van der Waals surface area (Å²) in [7, 11) is 0. The number of nitrogens with zero attached hydrogens (tertiary/aromatic N) is 2. The van der Waals surface area contributed by atoms with Crippen LogP contribution in [0, 0.1) is 11.2 Å². The Morgan fingerprint density at radius 2 is 2.13 bits per heavy atom. The summed E-state index contributed by atoms with van der Waals surface area (Å²) in [5.41, 5.74) is -0.400. The molecule has 5 nitrogen and oxygen atoms in total. The zero-order valence-electron chi connectivity index (χ0n) is 12.6. The van der Waals surface area contributed by atoms with Crippen molar-refractivity contribution in [2.75, 3.05) is 19.6 Å². The fourth-order valence-corrected chi connectivity index (χ4v) is 3.81. The lowest BCUT2D eigenvalue weighted by molar-refractivity contribution is -0.268. The number of carbonyl (C=O) groups excluding carboxylic acids is 2. The first-order valence-corrected chi connectivity index (χ1v) is 7.99. The number of hydrogen-bond donors (Lipinski definition) is 0. The van der Waals surface area contributed by atoms with Crippen molar-refractivity contribution >= 4 is 23.6 Å². The fraction of sp³-hybridized carbons (Fsp3) is 0.500. The van der Waals surface area contributed by atoms with E-state index in [9.17, 15) is 19.1 Å². The van der Waals surface area contributed by atoms with E-state index < -0.39 is 17.3 Å². The molecule has 2 amide bonds. The van der Waals surface area contributed by atoms with Gasteiger partial charge in [-0.15, -0.1) is 0 Å². The quantitative estimate of drug-likeness (QED) is 0.822. The van der Waals surface area contributed by atoms with Crippen LogP contribution in [0.5, 0.6) is 0 Å². The number of amides is 2. The van der Waals surface area contributed by atoms with Gasteiger partial charge in [-0.05, 0) is 31.4 Å². The van der Waals surface area contributed by atoms with Gasteiger partial charge in [-0.3, -0.25) is 4.79 Å². The normalized spacial score (nSPS) is 24.5. The third-order valence-electron chi connectivity index (χ3n) is 4.85. The minimum atomic E-state index is -1.24. The van der Waals surface area contributed by atoms with Crippen LogP contribution in [0.3, 0.4) is 0 Å². The van der Waals surface area contributed by atoms with Gasteiger partial charge >= 0.3 is 0 Å². The van der Waals surface area contributed by atoms with Crippen LogP contribution in [0.2, 0.25) is 5.02 Å². The van der Waals surface area contributed by atoms with E-state index in [-0.39, 0.29) is 19.0 Å². The van der Waals surface area contributed by atoms with Crippen LogP contribution < -0.4 is 5.11 Å². The second-order valence-corrected chi connectivity index (χ2v) is 6.66. The van der Waals surface area contributed by atoms with Crippen LogP contribution in [0.15, 0.2) is 18.2 Å². The molecule has 0 radical (unpaired) electrons. The zero-order chi connectivity index (χ0) is 16.6. The maximum absolute atomic E-state index is 13.9. The van der Waals surface area contributed by atoms with Crippen molar-refractivity contribution in [1.82, 2.24) is 9.80 Å². The smallest absolute Gasteiger partial charge is 0.230 e. The minimum Gasteiger partial charge on any atom is -0.530 e. The second-order valence-electron chi connectivity index (χ2n) is 6.25. The number of halogens is 2. The van der Waals surface area contributed by atoms with Crippen molar-refractivity contribution in [1.29, 1.82) is 0 Å². The van der Waals surface area contributed by atoms with Gasteiger partial charge in [-0.2, -0.15) is 0 Å². The largest absolute Gasteiger partial charge is 0.530 e. The van der Waals surface area contributed by atoms with E-state index in [0.717, 1.165) is 0 Å². The van der Waals surface area contributed by atoms with Crippen molar-refractivity contribution < 1.29 is 19.1 Å². The van der Waals surface area contributed by atoms with E-state index in [1.165, 1.54) is 17.0 Å². The van der Waals surface area contributed by atoms with Crippen molar-refractivity contribution in [3.8, 4) is 0 Å². The standard InChI is InChI=1S/C16H18ClFN2O3/c17-12-3-1-4-13(18)11(12)9-19-8-6-16(14(19)21)5-2-7-20(10-16)15(22)23/h1,3-4H,2,5-10H2,(H,22,23)/p-1. The summed E-state index contributed by atoms with van der Waals surface area (Å²) in [5, 5.41) is 11.4. The molecular formula is C16H17ClFN2O3-. The molecule has 1 atom stereocenters. The lowest BCUT2D eigenvalue weighted by Gasteiger charge is -2.40. The van der Waals surface area contributed by atoms with Gasteiger partial charge in [0.05, 0.1) is 12.0 Å². The Hall–Kier alpha value is -1.82. The average Bonchev–Trinajstić information content (AvgIpc) is 2.80. The lowest BCUT2D eigenvalue weighted by atomic mass is 9.78. The fourth-order valence-electron chi connectivity index (χ4n) is 3.58. The predicted molar refractivity (Wildman–Crippen MR) is 80.1 cm³/mol. The van der Waals surface area contributed by atoms with Gasteiger partial charge < -0.3 is 19.7 Å². The molecule has 124 valence electrons. The van der Waals surface area contributed by atoms with Gasteiger partial charge in [0.25, 0.3) is 0 Å². The minimum absolute atomic E-state index is 0.109. The summed E-state index contributed by atoms with van der Waals surface area (Å²) < 4.78 is 13.9. The molecule has 2 fully saturated rings. The summed E-state index contributed by atoms with van der Waals surface area (Å²) in [6.45, 7) is 1.15. The highest BCUT2D eigenvalue weighted by atomic mass is 35.5. The van der Waals surface area contributed by atoms with Crippen LogP contribution in [-0.4, -0.2) is 41.4 Å². The van der Waals surface area contributed by atoms with Crippen molar-refractivity contribution in [3.05, 3.63) is 34.6 Å². The summed E-state index contributed by atoms with van der Waals surface area (Å²) in [5.74, 6) is -0.561. The molecule has 0 N–H and O–H groups in total. The van der Waals surface area contributed by atoms with Gasteiger partial charge in [0, 0.05) is 30.2 Å². The molecule has 0 aromatic heterocycles. The molecule has 2 aliphatic rings. The van der Waals surface area contributed by atoms with E-state index in [2.05, 4.69) is 0 Å².